The minimum Gasteiger partial charge on any atom is -0.492 e. The molecule has 0 aliphatic carbocycles. The standard InChI is InChI=1S/C22H19NO2/c24-22(18-14-17-10-4-7-13-21(17)25-15-18)23-20-12-6-5-11-19(20)16-8-2-1-3-9-16/h1-13,18H,14-15H2,(H,23,24). The van der Waals surface area contributed by atoms with Crippen LogP contribution in [0.25, 0.3) is 11.1 Å². The summed E-state index contributed by atoms with van der Waals surface area (Å²) in [5, 5.41) is 3.09. The number of para-hydroxylation sites is 2. The number of nitrogens with one attached hydrogen (secondary N) is 1. The monoisotopic (exact) mass is 329 g/mol. The van der Waals surface area contributed by atoms with Crippen LogP contribution in [0.5, 0.6) is 5.75 Å². The summed E-state index contributed by atoms with van der Waals surface area (Å²) in [6.07, 6.45) is 0.704. The molecule has 1 amide bonds. The Bertz CT molecular complexity index is 889. The molecule has 3 heteroatoms. The molecule has 3 aromatic rings. The summed E-state index contributed by atoms with van der Waals surface area (Å²) in [6, 6.07) is 25.9. The maximum atomic E-state index is 12.8. The molecule has 25 heavy (non-hydrogen) atoms. The lowest BCUT2D eigenvalue weighted by Gasteiger charge is -2.25. The number of amides is 1. The first-order valence-electron chi connectivity index (χ1n) is 8.47. The molecule has 1 aliphatic rings. The smallest absolute Gasteiger partial charge is 0.231 e. The molecule has 1 aliphatic heterocycles. The average Bonchev–Trinajstić information content (AvgIpc) is 2.68. The van der Waals surface area contributed by atoms with Crippen molar-refractivity contribution in [3.05, 3.63) is 84.4 Å². The van der Waals surface area contributed by atoms with Gasteiger partial charge in [-0.15, -0.1) is 0 Å². The molecule has 124 valence electrons. The quantitative estimate of drug-likeness (QED) is 0.766. The van der Waals surface area contributed by atoms with Gasteiger partial charge in [-0.2, -0.15) is 0 Å². The Hall–Kier alpha value is -3.07. The Balaban J connectivity index is 1.55. The average molecular weight is 329 g/mol. The van der Waals surface area contributed by atoms with Gasteiger partial charge in [0.05, 0.1) is 5.92 Å². The van der Waals surface area contributed by atoms with Crippen molar-refractivity contribution >= 4 is 11.6 Å². The van der Waals surface area contributed by atoms with Crippen molar-refractivity contribution in [3.8, 4) is 16.9 Å². The first kappa shape index (κ1) is 15.5. The van der Waals surface area contributed by atoms with E-state index in [1.807, 2.05) is 78.9 Å². The topological polar surface area (TPSA) is 38.3 Å². The van der Waals surface area contributed by atoms with Crippen LogP contribution in [0.15, 0.2) is 78.9 Å². The van der Waals surface area contributed by atoms with Gasteiger partial charge in [0, 0.05) is 11.3 Å². The summed E-state index contributed by atoms with van der Waals surface area (Å²) in [5.41, 5.74) is 4.03. The fourth-order valence-corrected chi connectivity index (χ4v) is 3.19. The lowest BCUT2D eigenvalue weighted by Crippen LogP contribution is -2.32. The van der Waals surface area contributed by atoms with Gasteiger partial charge in [-0.1, -0.05) is 66.7 Å². The zero-order valence-electron chi connectivity index (χ0n) is 13.8. The molecule has 0 saturated heterocycles. The number of fused-ring (bicyclic) bond motifs is 1. The molecule has 1 heterocycles. The molecule has 4 rings (SSSR count). The molecule has 3 nitrogen and oxygen atoms in total. The third kappa shape index (κ3) is 3.26. The fraction of sp³-hybridized carbons (Fsp3) is 0.136. The van der Waals surface area contributed by atoms with E-state index < -0.39 is 0 Å². The number of hydrogen-bond donors (Lipinski definition) is 1. The van der Waals surface area contributed by atoms with Crippen molar-refractivity contribution in [2.75, 3.05) is 11.9 Å². The Morgan fingerprint density at radius 1 is 0.880 bits per heavy atom. The molecule has 0 bridgehead atoms. The zero-order chi connectivity index (χ0) is 17.1. The summed E-state index contributed by atoms with van der Waals surface area (Å²) in [7, 11) is 0. The number of rotatable bonds is 3. The summed E-state index contributed by atoms with van der Waals surface area (Å²) >= 11 is 0. The van der Waals surface area contributed by atoms with Gasteiger partial charge in [-0.05, 0) is 29.7 Å². The molecule has 0 fully saturated rings. The number of benzene rings is 3. The molecule has 3 aromatic carbocycles. The molecule has 1 unspecified atom stereocenters. The maximum Gasteiger partial charge on any atom is 0.231 e. The molecule has 0 spiro atoms. The second kappa shape index (κ2) is 6.81. The van der Waals surface area contributed by atoms with Gasteiger partial charge >= 0.3 is 0 Å². The third-order valence-electron chi connectivity index (χ3n) is 4.52. The summed E-state index contributed by atoms with van der Waals surface area (Å²) < 4.78 is 5.75. The van der Waals surface area contributed by atoms with Gasteiger partial charge in [-0.25, -0.2) is 0 Å². The molecular formula is C22H19NO2. The first-order chi connectivity index (χ1) is 12.3. The molecule has 1 atom stereocenters. The highest BCUT2D eigenvalue weighted by Crippen LogP contribution is 2.30. The summed E-state index contributed by atoms with van der Waals surface area (Å²) in [4.78, 5) is 12.8. The Kier molecular flexibility index (Phi) is 4.21. The molecule has 1 N–H and O–H groups in total. The van der Waals surface area contributed by atoms with Crippen LogP contribution in [-0.2, 0) is 11.2 Å². The van der Waals surface area contributed by atoms with Crippen LogP contribution >= 0.6 is 0 Å². The van der Waals surface area contributed by atoms with E-state index in [4.69, 9.17) is 4.74 Å². The third-order valence-corrected chi connectivity index (χ3v) is 4.52. The van der Waals surface area contributed by atoms with Gasteiger partial charge in [0.15, 0.2) is 0 Å². The zero-order valence-corrected chi connectivity index (χ0v) is 13.8. The van der Waals surface area contributed by atoms with E-state index in [1.165, 1.54) is 0 Å². The lowest BCUT2D eigenvalue weighted by atomic mass is 9.95. The van der Waals surface area contributed by atoms with Crippen molar-refractivity contribution in [1.29, 1.82) is 0 Å². The minimum atomic E-state index is -0.182. The van der Waals surface area contributed by atoms with E-state index in [0.29, 0.717) is 13.0 Å². The normalized spacial score (nSPS) is 15.8. The van der Waals surface area contributed by atoms with Gasteiger partial charge in [0.1, 0.15) is 12.4 Å². The predicted molar refractivity (Wildman–Crippen MR) is 99.6 cm³/mol. The highest BCUT2D eigenvalue weighted by atomic mass is 16.5. The molecule has 0 saturated carbocycles. The SMILES string of the molecule is O=C(Nc1ccccc1-c1ccccc1)C1COc2ccccc2C1. The van der Waals surface area contributed by atoms with E-state index in [2.05, 4.69) is 5.32 Å². The first-order valence-corrected chi connectivity index (χ1v) is 8.47. The van der Waals surface area contributed by atoms with Gasteiger partial charge in [-0.3, -0.25) is 4.79 Å². The van der Waals surface area contributed by atoms with E-state index in [0.717, 1.165) is 28.1 Å². The van der Waals surface area contributed by atoms with Crippen LogP contribution < -0.4 is 10.1 Å². The molecule has 0 radical (unpaired) electrons. The maximum absolute atomic E-state index is 12.8. The Morgan fingerprint density at radius 3 is 2.48 bits per heavy atom. The van der Waals surface area contributed by atoms with Crippen molar-refractivity contribution in [2.24, 2.45) is 5.92 Å². The Labute approximate surface area is 147 Å². The van der Waals surface area contributed by atoms with Crippen molar-refractivity contribution < 1.29 is 9.53 Å². The van der Waals surface area contributed by atoms with Crippen molar-refractivity contribution in [3.63, 3.8) is 0 Å². The Morgan fingerprint density at radius 2 is 1.60 bits per heavy atom. The number of ether oxygens (including phenoxy) is 1. The highest BCUT2D eigenvalue weighted by molar-refractivity contribution is 5.97. The van der Waals surface area contributed by atoms with Gasteiger partial charge in [0.2, 0.25) is 5.91 Å². The van der Waals surface area contributed by atoms with Gasteiger partial charge < -0.3 is 10.1 Å². The summed E-state index contributed by atoms with van der Waals surface area (Å²) in [6.45, 7) is 0.413. The van der Waals surface area contributed by atoms with Crippen LogP contribution in [-0.4, -0.2) is 12.5 Å². The lowest BCUT2D eigenvalue weighted by molar-refractivity contribution is -0.121. The van der Waals surface area contributed by atoms with E-state index >= 15 is 0 Å². The van der Waals surface area contributed by atoms with Crippen molar-refractivity contribution in [1.82, 2.24) is 0 Å². The van der Waals surface area contributed by atoms with E-state index in [-0.39, 0.29) is 11.8 Å². The second-order valence-electron chi connectivity index (χ2n) is 6.22. The predicted octanol–water partition coefficient (Wildman–Crippen LogP) is 4.54. The van der Waals surface area contributed by atoms with Crippen molar-refractivity contribution in [2.45, 2.75) is 6.42 Å². The van der Waals surface area contributed by atoms with E-state index in [1.54, 1.807) is 0 Å². The highest BCUT2D eigenvalue weighted by Gasteiger charge is 2.26. The number of carbonyl (C=O) groups is 1. The molecule has 0 aromatic heterocycles. The number of hydrogen-bond acceptors (Lipinski definition) is 2. The minimum absolute atomic E-state index is 0.00196. The second-order valence-corrected chi connectivity index (χ2v) is 6.22. The van der Waals surface area contributed by atoms with Crippen LogP contribution in [0, 0.1) is 5.92 Å². The molecular weight excluding hydrogens is 310 g/mol. The summed E-state index contributed by atoms with van der Waals surface area (Å²) in [5.74, 6) is 0.702. The van der Waals surface area contributed by atoms with Crippen LogP contribution in [0.4, 0.5) is 5.69 Å². The fourth-order valence-electron chi connectivity index (χ4n) is 3.19. The van der Waals surface area contributed by atoms with Crippen LogP contribution in [0.1, 0.15) is 5.56 Å². The van der Waals surface area contributed by atoms with Gasteiger partial charge in [0.25, 0.3) is 0 Å². The number of carbonyl (C=O) groups excluding carboxylic acids is 1. The van der Waals surface area contributed by atoms with Crippen LogP contribution in [0.3, 0.4) is 0 Å². The van der Waals surface area contributed by atoms with Crippen LogP contribution in [0.2, 0.25) is 0 Å². The van der Waals surface area contributed by atoms with E-state index in [9.17, 15) is 4.79 Å². The largest absolute Gasteiger partial charge is 0.492 e. The number of anilines is 1.